The van der Waals surface area contributed by atoms with Crippen molar-refractivity contribution in [2.24, 2.45) is 0 Å². The number of benzene rings is 1. The van der Waals surface area contributed by atoms with Gasteiger partial charge in [0.05, 0.1) is 5.69 Å². The number of carbonyl (C=O) groups excluding carboxylic acids is 1. The van der Waals surface area contributed by atoms with E-state index in [0.717, 1.165) is 10.1 Å². The number of nitrogens with one attached hydrogen (secondary N) is 1. The highest BCUT2D eigenvalue weighted by Crippen LogP contribution is 2.35. The summed E-state index contributed by atoms with van der Waals surface area (Å²) in [5.41, 5.74) is 6.49. The van der Waals surface area contributed by atoms with Crippen molar-refractivity contribution in [3.05, 3.63) is 40.8 Å². The summed E-state index contributed by atoms with van der Waals surface area (Å²) < 4.78 is 0.913. The molecule has 1 atom stereocenters. The zero-order valence-corrected chi connectivity index (χ0v) is 11.4. The van der Waals surface area contributed by atoms with Crippen molar-refractivity contribution < 1.29 is 4.79 Å². The van der Waals surface area contributed by atoms with E-state index < -0.39 is 0 Å². The standard InChI is InChI=1S/C13H13ClN2OS/c1-3-7(2)16-13(17)12-11(15)9-5-4-8(14)6-10(9)18-12/h3-7H,1,15H2,2H3,(H,16,17). The lowest BCUT2D eigenvalue weighted by atomic mass is 10.2. The highest BCUT2D eigenvalue weighted by atomic mass is 35.5. The Morgan fingerprint density at radius 2 is 2.33 bits per heavy atom. The van der Waals surface area contributed by atoms with Crippen LogP contribution in [0.5, 0.6) is 0 Å². The molecule has 3 nitrogen and oxygen atoms in total. The Bertz CT molecular complexity index is 621. The first-order valence-electron chi connectivity index (χ1n) is 5.44. The maximum Gasteiger partial charge on any atom is 0.263 e. The van der Waals surface area contributed by atoms with Gasteiger partial charge in [-0.3, -0.25) is 4.79 Å². The average Bonchev–Trinajstić information content (AvgIpc) is 2.66. The minimum Gasteiger partial charge on any atom is -0.397 e. The first-order valence-corrected chi connectivity index (χ1v) is 6.63. The van der Waals surface area contributed by atoms with Gasteiger partial charge in [-0.15, -0.1) is 17.9 Å². The predicted octanol–water partition coefficient (Wildman–Crippen LogP) is 3.44. The first kappa shape index (κ1) is 12.9. The van der Waals surface area contributed by atoms with E-state index in [1.165, 1.54) is 11.3 Å². The minimum atomic E-state index is -0.183. The average molecular weight is 281 g/mol. The topological polar surface area (TPSA) is 55.1 Å². The van der Waals surface area contributed by atoms with Crippen LogP contribution >= 0.6 is 22.9 Å². The number of hydrogen-bond acceptors (Lipinski definition) is 3. The van der Waals surface area contributed by atoms with Gasteiger partial charge in [-0.1, -0.05) is 17.7 Å². The second kappa shape index (κ2) is 5.00. The summed E-state index contributed by atoms with van der Waals surface area (Å²) in [5, 5.41) is 4.30. The van der Waals surface area contributed by atoms with Crippen molar-refractivity contribution in [3.8, 4) is 0 Å². The van der Waals surface area contributed by atoms with Gasteiger partial charge in [0.25, 0.3) is 5.91 Å². The molecule has 1 aromatic heterocycles. The van der Waals surface area contributed by atoms with Crippen LogP contribution in [0.1, 0.15) is 16.6 Å². The molecule has 1 heterocycles. The molecule has 94 valence electrons. The number of fused-ring (bicyclic) bond motifs is 1. The quantitative estimate of drug-likeness (QED) is 0.846. The summed E-state index contributed by atoms with van der Waals surface area (Å²) in [6.07, 6.45) is 1.66. The van der Waals surface area contributed by atoms with Gasteiger partial charge in [0.2, 0.25) is 0 Å². The molecular formula is C13H13ClN2OS. The zero-order valence-electron chi connectivity index (χ0n) is 9.87. The highest BCUT2D eigenvalue weighted by molar-refractivity contribution is 7.21. The molecule has 1 unspecified atom stereocenters. The normalized spacial score (nSPS) is 12.3. The van der Waals surface area contributed by atoms with E-state index in [1.54, 1.807) is 12.1 Å². The second-order valence-electron chi connectivity index (χ2n) is 3.98. The maximum absolute atomic E-state index is 12.0. The van der Waals surface area contributed by atoms with Gasteiger partial charge in [0, 0.05) is 21.2 Å². The van der Waals surface area contributed by atoms with Crippen molar-refractivity contribution >= 4 is 44.6 Å². The van der Waals surface area contributed by atoms with Crippen molar-refractivity contribution in [1.29, 1.82) is 0 Å². The molecule has 2 rings (SSSR count). The maximum atomic E-state index is 12.0. The molecule has 0 bridgehead atoms. The number of thiophene rings is 1. The van der Waals surface area contributed by atoms with E-state index in [2.05, 4.69) is 11.9 Å². The number of halogens is 1. The lowest BCUT2D eigenvalue weighted by molar-refractivity contribution is 0.0952. The Kier molecular flexibility index (Phi) is 3.59. The highest BCUT2D eigenvalue weighted by Gasteiger charge is 2.17. The molecule has 0 aliphatic carbocycles. The van der Waals surface area contributed by atoms with Crippen LogP contribution in [0, 0.1) is 0 Å². The van der Waals surface area contributed by atoms with Crippen LogP contribution in [-0.2, 0) is 0 Å². The van der Waals surface area contributed by atoms with E-state index in [1.807, 2.05) is 19.1 Å². The molecule has 1 amide bonds. The molecule has 0 aliphatic heterocycles. The first-order chi connectivity index (χ1) is 8.52. The van der Waals surface area contributed by atoms with Gasteiger partial charge in [-0.25, -0.2) is 0 Å². The van der Waals surface area contributed by atoms with Crippen LogP contribution in [0.4, 0.5) is 5.69 Å². The van der Waals surface area contributed by atoms with Crippen molar-refractivity contribution in [2.45, 2.75) is 13.0 Å². The van der Waals surface area contributed by atoms with Gasteiger partial charge in [-0.05, 0) is 25.1 Å². The molecule has 0 saturated heterocycles. The van der Waals surface area contributed by atoms with Crippen LogP contribution < -0.4 is 11.1 Å². The van der Waals surface area contributed by atoms with Crippen LogP contribution in [-0.4, -0.2) is 11.9 Å². The molecule has 1 aromatic carbocycles. The van der Waals surface area contributed by atoms with Crippen LogP contribution in [0.3, 0.4) is 0 Å². The van der Waals surface area contributed by atoms with Gasteiger partial charge in [0.15, 0.2) is 0 Å². The molecule has 0 fully saturated rings. The number of nitrogens with two attached hydrogens (primary N) is 1. The van der Waals surface area contributed by atoms with Gasteiger partial charge >= 0.3 is 0 Å². The smallest absolute Gasteiger partial charge is 0.263 e. The lowest BCUT2D eigenvalue weighted by Gasteiger charge is -2.07. The number of carbonyl (C=O) groups is 1. The number of hydrogen-bond donors (Lipinski definition) is 2. The molecular weight excluding hydrogens is 268 g/mol. The molecule has 0 aliphatic rings. The Morgan fingerprint density at radius 1 is 1.61 bits per heavy atom. The Morgan fingerprint density at radius 3 is 3.00 bits per heavy atom. The largest absolute Gasteiger partial charge is 0.397 e. The Hall–Kier alpha value is -1.52. The molecule has 3 N–H and O–H groups in total. The van der Waals surface area contributed by atoms with Crippen molar-refractivity contribution in [2.75, 3.05) is 5.73 Å². The SMILES string of the molecule is C=CC(C)NC(=O)c1sc2cc(Cl)ccc2c1N. The molecule has 2 aromatic rings. The second-order valence-corrected chi connectivity index (χ2v) is 5.47. The van der Waals surface area contributed by atoms with Gasteiger partial charge < -0.3 is 11.1 Å². The van der Waals surface area contributed by atoms with Crippen LogP contribution in [0.25, 0.3) is 10.1 Å². The van der Waals surface area contributed by atoms with Crippen molar-refractivity contribution in [3.63, 3.8) is 0 Å². The van der Waals surface area contributed by atoms with Crippen LogP contribution in [0.2, 0.25) is 5.02 Å². The van der Waals surface area contributed by atoms with Crippen LogP contribution in [0.15, 0.2) is 30.9 Å². The summed E-state index contributed by atoms with van der Waals surface area (Å²) in [6, 6.07) is 5.31. The van der Waals surface area contributed by atoms with Crippen molar-refractivity contribution in [1.82, 2.24) is 5.32 Å². The number of amides is 1. The number of nitrogen functional groups attached to an aromatic ring is 1. The third-order valence-corrected chi connectivity index (χ3v) is 4.01. The third kappa shape index (κ3) is 2.35. The van der Waals surface area contributed by atoms with E-state index in [4.69, 9.17) is 17.3 Å². The summed E-state index contributed by atoms with van der Waals surface area (Å²) in [7, 11) is 0. The van der Waals surface area contributed by atoms with E-state index in [-0.39, 0.29) is 11.9 Å². The monoisotopic (exact) mass is 280 g/mol. The fourth-order valence-electron chi connectivity index (χ4n) is 1.59. The summed E-state index contributed by atoms with van der Waals surface area (Å²) in [5.74, 6) is -0.183. The molecule has 0 saturated carbocycles. The summed E-state index contributed by atoms with van der Waals surface area (Å²) >= 11 is 7.26. The fourth-order valence-corrected chi connectivity index (χ4v) is 2.89. The molecule has 5 heteroatoms. The molecule has 0 spiro atoms. The Balaban J connectivity index is 2.42. The van der Waals surface area contributed by atoms with Gasteiger partial charge in [-0.2, -0.15) is 0 Å². The third-order valence-electron chi connectivity index (χ3n) is 2.61. The van der Waals surface area contributed by atoms with E-state index in [0.29, 0.717) is 15.6 Å². The number of anilines is 1. The molecule has 0 radical (unpaired) electrons. The lowest BCUT2D eigenvalue weighted by Crippen LogP contribution is -2.30. The number of rotatable bonds is 3. The summed E-state index contributed by atoms with van der Waals surface area (Å²) in [4.78, 5) is 12.5. The van der Waals surface area contributed by atoms with Gasteiger partial charge in [0.1, 0.15) is 4.88 Å². The minimum absolute atomic E-state index is 0.0919. The van der Waals surface area contributed by atoms with E-state index >= 15 is 0 Å². The molecule has 18 heavy (non-hydrogen) atoms. The predicted molar refractivity (Wildman–Crippen MR) is 78.4 cm³/mol. The van der Waals surface area contributed by atoms with E-state index in [9.17, 15) is 4.79 Å². The Labute approximate surface area is 114 Å². The zero-order chi connectivity index (χ0) is 13.3. The summed E-state index contributed by atoms with van der Waals surface area (Å²) in [6.45, 7) is 5.48. The fraction of sp³-hybridized carbons (Fsp3) is 0.154.